The van der Waals surface area contributed by atoms with Gasteiger partial charge in [0.25, 0.3) is 0 Å². The maximum absolute atomic E-state index is 14.2. The maximum atomic E-state index is 14.2. The molecule has 4 amide bonds. The molecule has 0 bridgehead atoms. The number of piperidine rings is 1. The van der Waals surface area contributed by atoms with Crippen LogP contribution in [0.4, 0.5) is 24.1 Å². The zero-order chi connectivity index (χ0) is 30.4. The first kappa shape index (κ1) is 31.5. The summed E-state index contributed by atoms with van der Waals surface area (Å²) in [5.41, 5.74) is 0.855. The molecule has 1 saturated heterocycles. The largest absolute Gasteiger partial charge is 0.466 e. The highest BCUT2D eigenvalue weighted by Crippen LogP contribution is 2.35. The highest BCUT2D eigenvalue weighted by atomic mass is 35.5. The Morgan fingerprint density at radius 1 is 1.02 bits per heavy atom. The minimum Gasteiger partial charge on any atom is -0.466 e. The molecule has 226 valence electrons. The third-order valence-corrected chi connectivity index (χ3v) is 7.48. The lowest BCUT2D eigenvalue weighted by molar-refractivity contribution is -0.137. The van der Waals surface area contributed by atoms with Crippen LogP contribution in [0.5, 0.6) is 0 Å². The maximum Gasteiger partial charge on any atom is 0.338 e. The monoisotopic (exact) mass is 625 g/mol. The number of benzene rings is 2. The quantitative estimate of drug-likeness (QED) is 0.280. The van der Waals surface area contributed by atoms with E-state index < -0.39 is 35.7 Å². The molecule has 2 aliphatic heterocycles. The third-order valence-electron chi connectivity index (χ3n) is 7.05. The molecule has 1 atom stereocenters. The van der Waals surface area contributed by atoms with Crippen LogP contribution < -0.4 is 20.9 Å². The fraction of sp³-hybridized carbons (Fsp3) is 0.393. The Balaban J connectivity index is 1.41. The molecule has 0 aliphatic carbocycles. The molecular weight excluding hydrogens is 595 g/mol. The van der Waals surface area contributed by atoms with Crippen LogP contribution in [0.2, 0.25) is 10.0 Å². The number of imide groups is 1. The molecule has 0 aromatic heterocycles. The number of urea groups is 2. The normalized spacial score (nSPS) is 17.8. The zero-order valence-electron chi connectivity index (χ0n) is 23.0. The molecule has 2 heterocycles. The number of anilines is 1. The Hall–Kier alpha value is -3.45. The SMILES string of the molecule is COCC1=C(C(=O)OC)C(c2ccc(F)c(F)c2)N(C(=O)NCCNC2CCN(c3cc(Cl)cc(Cl)c3)CC2)C(=O)N1. The molecule has 10 nitrogen and oxygen atoms in total. The molecule has 1 unspecified atom stereocenters. The fourth-order valence-electron chi connectivity index (χ4n) is 5.07. The van der Waals surface area contributed by atoms with Gasteiger partial charge in [-0.25, -0.2) is 28.1 Å². The third kappa shape index (κ3) is 7.30. The summed E-state index contributed by atoms with van der Waals surface area (Å²) in [6.07, 6.45) is 1.70. The highest BCUT2D eigenvalue weighted by Gasteiger charge is 2.43. The van der Waals surface area contributed by atoms with Crippen LogP contribution in [0, 0.1) is 11.6 Å². The van der Waals surface area contributed by atoms with Gasteiger partial charge in [-0.05, 0) is 48.7 Å². The molecule has 0 radical (unpaired) electrons. The summed E-state index contributed by atoms with van der Waals surface area (Å²) in [6, 6.07) is 5.41. The van der Waals surface area contributed by atoms with E-state index in [-0.39, 0.29) is 36.0 Å². The fourth-order valence-corrected chi connectivity index (χ4v) is 5.59. The molecule has 2 aromatic rings. The Labute approximate surface area is 251 Å². The first-order valence-corrected chi connectivity index (χ1v) is 14.0. The first-order valence-electron chi connectivity index (χ1n) is 13.2. The lowest BCUT2D eigenvalue weighted by Gasteiger charge is -2.37. The number of ether oxygens (including phenoxy) is 2. The predicted octanol–water partition coefficient (Wildman–Crippen LogP) is 4.38. The Morgan fingerprint density at radius 2 is 1.71 bits per heavy atom. The van der Waals surface area contributed by atoms with Crippen molar-refractivity contribution in [2.24, 2.45) is 0 Å². The number of carbonyl (C=O) groups excluding carboxylic acids is 3. The molecule has 42 heavy (non-hydrogen) atoms. The molecule has 0 saturated carbocycles. The van der Waals surface area contributed by atoms with Crippen molar-refractivity contribution in [2.75, 3.05) is 51.9 Å². The Bertz CT molecular complexity index is 1350. The number of carbonyl (C=O) groups is 3. The van der Waals surface area contributed by atoms with E-state index in [2.05, 4.69) is 20.9 Å². The van der Waals surface area contributed by atoms with Crippen LogP contribution in [0.25, 0.3) is 0 Å². The summed E-state index contributed by atoms with van der Waals surface area (Å²) in [5, 5.41) is 9.70. The molecule has 1 fully saturated rings. The molecule has 2 aromatic carbocycles. The summed E-state index contributed by atoms with van der Waals surface area (Å²) in [5.74, 6) is -3.20. The van der Waals surface area contributed by atoms with E-state index in [4.69, 9.17) is 32.7 Å². The van der Waals surface area contributed by atoms with E-state index in [1.807, 2.05) is 12.1 Å². The van der Waals surface area contributed by atoms with E-state index in [1.54, 1.807) is 6.07 Å². The minimum absolute atomic E-state index is 0.00113. The summed E-state index contributed by atoms with van der Waals surface area (Å²) in [4.78, 5) is 42.1. The lowest BCUT2D eigenvalue weighted by Crippen LogP contribution is -2.56. The van der Waals surface area contributed by atoms with Gasteiger partial charge in [-0.1, -0.05) is 29.3 Å². The predicted molar refractivity (Wildman–Crippen MR) is 153 cm³/mol. The second-order valence-electron chi connectivity index (χ2n) is 9.77. The molecule has 14 heteroatoms. The summed E-state index contributed by atoms with van der Waals surface area (Å²) in [7, 11) is 2.48. The summed E-state index contributed by atoms with van der Waals surface area (Å²) < 4.78 is 37.9. The van der Waals surface area contributed by atoms with Crippen LogP contribution in [0.3, 0.4) is 0 Å². The van der Waals surface area contributed by atoms with Crippen molar-refractivity contribution in [3.8, 4) is 0 Å². The number of esters is 1. The van der Waals surface area contributed by atoms with Crippen LogP contribution in [-0.2, 0) is 14.3 Å². The van der Waals surface area contributed by atoms with Crippen LogP contribution in [0.15, 0.2) is 47.7 Å². The van der Waals surface area contributed by atoms with Gasteiger partial charge in [-0.2, -0.15) is 0 Å². The molecule has 3 N–H and O–H groups in total. The van der Waals surface area contributed by atoms with Gasteiger partial charge in [0, 0.05) is 55.1 Å². The van der Waals surface area contributed by atoms with Gasteiger partial charge in [0.1, 0.15) is 6.04 Å². The average Bonchev–Trinajstić information content (AvgIpc) is 2.96. The second kappa shape index (κ2) is 14.1. The van der Waals surface area contributed by atoms with Crippen molar-refractivity contribution in [2.45, 2.75) is 24.9 Å². The van der Waals surface area contributed by atoms with E-state index in [1.165, 1.54) is 13.2 Å². The molecule has 0 spiro atoms. The van der Waals surface area contributed by atoms with Crippen molar-refractivity contribution in [3.05, 3.63) is 74.9 Å². The van der Waals surface area contributed by atoms with Gasteiger partial charge >= 0.3 is 18.0 Å². The number of hydrogen-bond acceptors (Lipinski definition) is 7. The number of hydrogen-bond donors (Lipinski definition) is 3. The number of nitrogens with zero attached hydrogens (tertiary/aromatic N) is 2. The minimum atomic E-state index is -1.40. The molecular formula is C28H31Cl2F2N5O5. The van der Waals surface area contributed by atoms with Gasteiger partial charge in [0.2, 0.25) is 0 Å². The van der Waals surface area contributed by atoms with E-state index in [9.17, 15) is 23.2 Å². The van der Waals surface area contributed by atoms with Crippen LogP contribution >= 0.6 is 23.2 Å². The Morgan fingerprint density at radius 3 is 2.33 bits per heavy atom. The molecule has 4 rings (SSSR count). The topological polar surface area (TPSA) is 112 Å². The zero-order valence-corrected chi connectivity index (χ0v) is 24.5. The standard InChI is InChI=1S/C28H31Cl2F2N5O5/c1-41-15-23-24(26(38)42-2)25(16-3-4-21(31)22(32)11-16)37(28(40)35-23)27(39)34-8-7-33-19-5-9-36(10-6-19)20-13-17(29)12-18(30)14-20/h3-4,11-14,19,25,33H,5-10,15H2,1-2H3,(H,34,39)(H,35,40). The van der Waals surface area contributed by atoms with Crippen molar-refractivity contribution in [1.29, 1.82) is 0 Å². The van der Waals surface area contributed by atoms with Crippen LogP contribution in [0.1, 0.15) is 24.4 Å². The van der Waals surface area contributed by atoms with Gasteiger partial charge < -0.3 is 30.3 Å². The highest BCUT2D eigenvalue weighted by molar-refractivity contribution is 6.35. The second-order valence-corrected chi connectivity index (χ2v) is 10.6. The smallest absolute Gasteiger partial charge is 0.338 e. The van der Waals surface area contributed by atoms with Gasteiger partial charge in [-0.3, -0.25) is 0 Å². The van der Waals surface area contributed by atoms with E-state index >= 15 is 0 Å². The van der Waals surface area contributed by atoms with Crippen molar-refractivity contribution >= 4 is 46.9 Å². The number of methoxy groups -OCH3 is 2. The first-order chi connectivity index (χ1) is 20.1. The summed E-state index contributed by atoms with van der Waals surface area (Å²) >= 11 is 12.3. The van der Waals surface area contributed by atoms with Gasteiger partial charge in [0.15, 0.2) is 11.6 Å². The van der Waals surface area contributed by atoms with Gasteiger partial charge in [-0.15, -0.1) is 0 Å². The summed E-state index contributed by atoms with van der Waals surface area (Å²) in [6.45, 7) is 1.94. The van der Waals surface area contributed by atoms with Gasteiger partial charge in [0.05, 0.1) is 25.0 Å². The van der Waals surface area contributed by atoms with Crippen molar-refractivity contribution < 1.29 is 32.6 Å². The van der Waals surface area contributed by atoms with E-state index in [0.717, 1.165) is 55.8 Å². The van der Waals surface area contributed by atoms with Crippen LogP contribution in [-0.4, -0.2) is 76.0 Å². The Kier molecular flexibility index (Phi) is 10.6. The number of amides is 4. The van der Waals surface area contributed by atoms with E-state index in [0.29, 0.717) is 16.6 Å². The average molecular weight is 626 g/mol. The molecule has 2 aliphatic rings. The lowest BCUT2D eigenvalue weighted by atomic mass is 9.93. The van der Waals surface area contributed by atoms with Crippen molar-refractivity contribution in [1.82, 2.24) is 20.9 Å². The van der Waals surface area contributed by atoms with Crippen molar-refractivity contribution in [3.63, 3.8) is 0 Å². The number of rotatable bonds is 9. The number of halogens is 4. The number of nitrogens with one attached hydrogen (secondary N) is 3.